The highest BCUT2D eigenvalue weighted by Gasteiger charge is 2.10. The molecule has 72 valence electrons. The van der Waals surface area contributed by atoms with E-state index in [4.69, 9.17) is 4.42 Å². The number of rotatable bonds is 2. The molecular formula is C10H6BrIO2. The van der Waals surface area contributed by atoms with Crippen LogP contribution in [0, 0.1) is 3.57 Å². The molecule has 2 nitrogen and oxygen atoms in total. The molecule has 0 saturated carbocycles. The molecule has 0 aliphatic carbocycles. The van der Waals surface area contributed by atoms with Crippen molar-refractivity contribution in [1.29, 1.82) is 0 Å². The van der Waals surface area contributed by atoms with Crippen molar-refractivity contribution in [2.24, 2.45) is 0 Å². The third kappa shape index (κ3) is 1.86. The Hall–Kier alpha value is -0.360. The van der Waals surface area contributed by atoms with Gasteiger partial charge in [0.15, 0.2) is 5.76 Å². The zero-order valence-corrected chi connectivity index (χ0v) is 10.8. The van der Waals surface area contributed by atoms with Gasteiger partial charge in [-0.3, -0.25) is 4.79 Å². The molecule has 14 heavy (non-hydrogen) atoms. The average Bonchev–Trinajstić information content (AvgIpc) is 2.59. The van der Waals surface area contributed by atoms with Gasteiger partial charge in [0, 0.05) is 8.96 Å². The van der Waals surface area contributed by atoms with Crippen LogP contribution in [0.2, 0.25) is 0 Å². The molecule has 0 amide bonds. The van der Waals surface area contributed by atoms with E-state index in [0.29, 0.717) is 11.1 Å². The van der Waals surface area contributed by atoms with E-state index in [9.17, 15) is 4.79 Å². The normalized spacial score (nSPS) is 10.7. The van der Waals surface area contributed by atoms with Gasteiger partial charge in [-0.05, 0) is 46.9 Å². The Bertz CT molecular complexity index is 490. The lowest BCUT2D eigenvalue weighted by atomic mass is 10.2. The van der Waals surface area contributed by atoms with Crippen molar-refractivity contribution in [2.45, 2.75) is 0 Å². The molecule has 0 atom stereocenters. The topological polar surface area (TPSA) is 30.2 Å². The Morgan fingerprint density at radius 3 is 2.93 bits per heavy atom. The SMILES string of the molecule is O=C(CBr)c1cc2cc(I)ccc2o1. The Balaban J connectivity index is 2.56. The van der Waals surface area contributed by atoms with Gasteiger partial charge < -0.3 is 4.42 Å². The molecule has 0 radical (unpaired) electrons. The summed E-state index contributed by atoms with van der Waals surface area (Å²) < 4.78 is 6.53. The summed E-state index contributed by atoms with van der Waals surface area (Å²) in [5.41, 5.74) is 0.759. The average molecular weight is 365 g/mol. The van der Waals surface area contributed by atoms with Gasteiger partial charge in [-0.1, -0.05) is 15.9 Å². The van der Waals surface area contributed by atoms with Gasteiger partial charge in [0.2, 0.25) is 5.78 Å². The summed E-state index contributed by atoms with van der Waals surface area (Å²) >= 11 is 5.34. The van der Waals surface area contributed by atoms with Crippen LogP contribution in [0.25, 0.3) is 11.0 Å². The van der Waals surface area contributed by atoms with Gasteiger partial charge in [0.25, 0.3) is 0 Å². The number of halogens is 2. The summed E-state index contributed by atoms with van der Waals surface area (Å²) in [5.74, 6) is 0.384. The molecule has 1 aromatic heterocycles. The molecule has 0 aliphatic heterocycles. The summed E-state index contributed by atoms with van der Waals surface area (Å²) in [7, 11) is 0. The number of fused-ring (bicyclic) bond motifs is 1. The first-order valence-electron chi connectivity index (χ1n) is 3.99. The van der Waals surface area contributed by atoms with Gasteiger partial charge in [-0.15, -0.1) is 0 Å². The predicted octanol–water partition coefficient (Wildman–Crippen LogP) is 3.62. The lowest BCUT2D eigenvalue weighted by Gasteiger charge is -1.88. The minimum Gasteiger partial charge on any atom is -0.453 e. The number of carbonyl (C=O) groups is 1. The van der Waals surface area contributed by atoms with Crippen LogP contribution in [-0.4, -0.2) is 11.1 Å². The predicted molar refractivity (Wildman–Crippen MR) is 67.1 cm³/mol. The van der Waals surface area contributed by atoms with Crippen LogP contribution in [0.3, 0.4) is 0 Å². The third-order valence-electron chi connectivity index (χ3n) is 1.87. The number of hydrogen-bond donors (Lipinski definition) is 0. The number of furan rings is 1. The number of hydrogen-bond acceptors (Lipinski definition) is 2. The van der Waals surface area contributed by atoms with Crippen molar-refractivity contribution in [3.8, 4) is 0 Å². The van der Waals surface area contributed by atoms with Crippen molar-refractivity contribution in [1.82, 2.24) is 0 Å². The maximum Gasteiger partial charge on any atom is 0.208 e. The van der Waals surface area contributed by atoms with Crippen molar-refractivity contribution >= 4 is 55.3 Å². The number of alkyl halides is 1. The standard InChI is InChI=1S/C10H6BrIO2/c11-5-8(13)10-4-6-3-7(12)1-2-9(6)14-10/h1-4H,5H2. The molecular weight excluding hydrogens is 359 g/mol. The van der Waals surface area contributed by atoms with Crippen LogP contribution >= 0.6 is 38.5 Å². The second-order valence-corrected chi connectivity index (χ2v) is 4.66. The first-order valence-corrected chi connectivity index (χ1v) is 6.19. The molecule has 1 heterocycles. The summed E-state index contributed by atoms with van der Waals surface area (Å²) in [4.78, 5) is 11.3. The summed E-state index contributed by atoms with van der Waals surface area (Å²) in [5, 5.41) is 1.27. The van der Waals surface area contributed by atoms with Crippen LogP contribution in [0.4, 0.5) is 0 Å². The Kier molecular flexibility index (Phi) is 2.92. The van der Waals surface area contributed by atoms with E-state index in [1.54, 1.807) is 6.07 Å². The molecule has 0 N–H and O–H groups in total. The van der Waals surface area contributed by atoms with Crippen LogP contribution in [0.5, 0.6) is 0 Å². The van der Waals surface area contributed by atoms with Crippen LogP contribution in [0.15, 0.2) is 28.7 Å². The molecule has 4 heteroatoms. The second-order valence-electron chi connectivity index (χ2n) is 2.85. The van der Waals surface area contributed by atoms with Gasteiger partial charge in [-0.2, -0.15) is 0 Å². The number of ketones is 1. The lowest BCUT2D eigenvalue weighted by molar-refractivity contribution is 0.0995. The van der Waals surface area contributed by atoms with E-state index in [1.165, 1.54) is 0 Å². The highest BCUT2D eigenvalue weighted by atomic mass is 127. The quantitative estimate of drug-likeness (QED) is 0.463. The lowest BCUT2D eigenvalue weighted by Crippen LogP contribution is -1.96. The molecule has 2 aromatic rings. The zero-order valence-electron chi connectivity index (χ0n) is 7.09. The van der Waals surface area contributed by atoms with Crippen molar-refractivity contribution in [2.75, 3.05) is 5.33 Å². The summed E-state index contributed by atoms with van der Waals surface area (Å²) in [6, 6.07) is 7.60. The molecule has 2 rings (SSSR count). The number of carbonyl (C=O) groups excluding carboxylic acids is 1. The maximum absolute atomic E-state index is 11.3. The fourth-order valence-electron chi connectivity index (χ4n) is 1.22. The Morgan fingerprint density at radius 1 is 1.43 bits per heavy atom. The van der Waals surface area contributed by atoms with Crippen molar-refractivity contribution in [3.63, 3.8) is 0 Å². The van der Waals surface area contributed by atoms with Crippen molar-refractivity contribution < 1.29 is 9.21 Å². The van der Waals surface area contributed by atoms with Crippen LogP contribution in [-0.2, 0) is 0 Å². The van der Waals surface area contributed by atoms with E-state index in [2.05, 4.69) is 38.5 Å². The molecule has 0 fully saturated rings. The highest BCUT2D eigenvalue weighted by molar-refractivity contribution is 14.1. The largest absolute Gasteiger partial charge is 0.453 e. The summed E-state index contributed by atoms with van der Waals surface area (Å²) in [6.45, 7) is 0. The first kappa shape index (κ1) is 10.2. The molecule has 0 aliphatic rings. The third-order valence-corrected chi connectivity index (χ3v) is 3.05. The fourth-order valence-corrected chi connectivity index (χ4v) is 2.01. The van der Waals surface area contributed by atoms with Gasteiger partial charge >= 0.3 is 0 Å². The highest BCUT2D eigenvalue weighted by Crippen LogP contribution is 2.22. The van der Waals surface area contributed by atoms with E-state index in [0.717, 1.165) is 14.5 Å². The fraction of sp³-hybridized carbons (Fsp3) is 0.100. The molecule has 0 unspecified atom stereocenters. The van der Waals surface area contributed by atoms with Gasteiger partial charge in [0.05, 0.1) is 5.33 Å². The molecule has 0 saturated heterocycles. The number of benzene rings is 1. The van der Waals surface area contributed by atoms with Gasteiger partial charge in [0.1, 0.15) is 5.58 Å². The molecule has 0 bridgehead atoms. The first-order chi connectivity index (χ1) is 6.70. The second kappa shape index (κ2) is 4.02. The monoisotopic (exact) mass is 364 g/mol. The number of Topliss-reactive ketones (excluding diaryl/α,β-unsaturated/α-hetero) is 1. The maximum atomic E-state index is 11.3. The van der Waals surface area contributed by atoms with Crippen molar-refractivity contribution in [3.05, 3.63) is 33.6 Å². The Labute approximate surface area is 103 Å². The summed E-state index contributed by atoms with van der Waals surface area (Å²) in [6.07, 6.45) is 0. The molecule has 1 aromatic carbocycles. The van der Waals surface area contributed by atoms with E-state index < -0.39 is 0 Å². The van der Waals surface area contributed by atoms with Crippen LogP contribution in [0.1, 0.15) is 10.6 Å². The van der Waals surface area contributed by atoms with E-state index in [-0.39, 0.29) is 5.78 Å². The van der Waals surface area contributed by atoms with Gasteiger partial charge in [-0.25, -0.2) is 0 Å². The zero-order chi connectivity index (χ0) is 10.1. The van der Waals surface area contributed by atoms with E-state index >= 15 is 0 Å². The molecule has 0 spiro atoms. The smallest absolute Gasteiger partial charge is 0.208 e. The van der Waals surface area contributed by atoms with Crippen LogP contribution < -0.4 is 0 Å². The van der Waals surface area contributed by atoms with E-state index in [1.807, 2.05) is 18.2 Å². The Morgan fingerprint density at radius 2 is 2.21 bits per heavy atom. The minimum absolute atomic E-state index is 0.0313. The minimum atomic E-state index is -0.0313.